The fourth-order valence-electron chi connectivity index (χ4n) is 4.63. The molecule has 0 aromatic heterocycles. The normalized spacial score (nSPS) is 15.7. The minimum absolute atomic E-state index is 0. The van der Waals surface area contributed by atoms with Gasteiger partial charge in [-0.15, -0.1) is 12.4 Å². The third kappa shape index (κ3) is 4.00. The van der Waals surface area contributed by atoms with Crippen LogP contribution in [-0.2, 0) is 19.4 Å². The van der Waals surface area contributed by atoms with Crippen molar-refractivity contribution >= 4 is 29.7 Å². The molecule has 0 aliphatic carbocycles. The number of aryl methyl sites for hydroxylation is 2. The lowest BCUT2D eigenvalue weighted by molar-refractivity contribution is 0.0999. The van der Waals surface area contributed by atoms with Crippen LogP contribution in [0.2, 0.25) is 0 Å². The molecule has 0 atom stereocenters. The molecule has 1 amide bonds. The molecular formula is C26H27ClN2O. The van der Waals surface area contributed by atoms with Crippen LogP contribution in [0.4, 0.5) is 11.4 Å². The zero-order valence-corrected chi connectivity index (χ0v) is 17.9. The second-order valence-corrected chi connectivity index (χ2v) is 8.08. The van der Waals surface area contributed by atoms with Crippen LogP contribution in [0.3, 0.4) is 0 Å². The monoisotopic (exact) mass is 418 g/mol. The van der Waals surface area contributed by atoms with Gasteiger partial charge in [0.05, 0.1) is 11.4 Å². The highest BCUT2D eigenvalue weighted by atomic mass is 35.5. The SMILES string of the molecule is Cl.O=C(c1cccc(CN2CCCC2)c1)N1c2ccccc2CCc2ccccc21. The summed E-state index contributed by atoms with van der Waals surface area (Å²) in [5.74, 6) is 0.0510. The Balaban J connectivity index is 0.00000218. The third-order valence-corrected chi connectivity index (χ3v) is 6.11. The van der Waals surface area contributed by atoms with Crippen LogP contribution < -0.4 is 4.90 Å². The fraction of sp³-hybridized carbons (Fsp3) is 0.269. The summed E-state index contributed by atoms with van der Waals surface area (Å²) < 4.78 is 0. The number of fused-ring (bicyclic) bond motifs is 2. The van der Waals surface area contributed by atoms with E-state index >= 15 is 0 Å². The van der Waals surface area contributed by atoms with Crippen molar-refractivity contribution in [3.63, 3.8) is 0 Å². The van der Waals surface area contributed by atoms with E-state index in [1.54, 1.807) is 0 Å². The molecule has 3 aromatic rings. The van der Waals surface area contributed by atoms with E-state index in [1.807, 2.05) is 29.2 Å². The number of carbonyl (C=O) groups is 1. The number of likely N-dealkylation sites (tertiary alicyclic amines) is 1. The van der Waals surface area contributed by atoms with Crippen molar-refractivity contribution in [1.82, 2.24) is 4.90 Å². The molecule has 0 radical (unpaired) electrons. The predicted octanol–water partition coefficient (Wildman–Crippen LogP) is 5.78. The lowest BCUT2D eigenvalue weighted by atomic mass is 10.0. The van der Waals surface area contributed by atoms with Crippen molar-refractivity contribution in [2.24, 2.45) is 0 Å². The van der Waals surface area contributed by atoms with Gasteiger partial charge >= 0.3 is 0 Å². The molecule has 154 valence electrons. The van der Waals surface area contributed by atoms with Gasteiger partial charge in [0.25, 0.3) is 5.91 Å². The number of para-hydroxylation sites is 2. The Labute approximate surface area is 184 Å². The third-order valence-electron chi connectivity index (χ3n) is 6.11. The van der Waals surface area contributed by atoms with Gasteiger partial charge in [-0.1, -0.05) is 48.5 Å². The largest absolute Gasteiger partial charge is 0.299 e. The number of benzene rings is 3. The van der Waals surface area contributed by atoms with E-state index in [2.05, 4.69) is 53.4 Å². The molecule has 30 heavy (non-hydrogen) atoms. The smallest absolute Gasteiger partial charge is 0.262 e. The molecule has 2 aliphatic heterocycles. The summed E-state index contributed by atoms with van der Waals surface area (Å²) in [7, 11) is 0. The molecule has 2 heterocycles. The minimum atomic E-state index is 0. The molecule has 0 saturated carbocycles. The molecule has 1 saturated heterocycles. The standard InChI is InChI=1S/C26H26N2O.ClH/c29-26(23-11-7-8-20(18-23)19-27-16-5-6-17-27)28-24-12-3-1-9-21(24)14-15-22-10-2-4-13-25(22)28;/h1-4,7-13,18H,5-6,14-17,19H2;1H. The second kappa shape index (κ2) is 9.03. The highest BCUT2D eigenvalue weighted by Gasteiger charge is 2.26. The van der Waals surface area contributed by atoms with Gasteiger partial charge in [-0.25, -0.2) is 0 Å². The van der Waals surface area contributed by atoms with Gasteiger partial charge in [0.1, 0.15) is 0 Å². The number of anilines is 2. The van der Waals surface area contributed by atoms with Crippen LogP contribution in [-0.4, -0.2) is 23.9 Å². The summed E-state index contributed by atoms with van der Waals surface area (Å²) in [5.41, 5.74) is 6.44. The van der Waals surface area contributed by atoms with Gasteiger partial charge in [-0.05, 0) is 79.7 Å². The number of amides is 1. The Hall–Kier alpha value is -2.62. The predicted molar refractivity (Wildman–Crippen MR) is 125 cm³/mol. The minimum Gasteiger partial charge on any atom is -0.299 e. The summed E-state index contributed by atoms with van der Waals surface area (Å²) in [6.45, 7) is 3.24. The zero-order chi connectivity index (χ0) is 19.6. The van der Waals surface area contributed by atoms with E-state index in [0.29, 0.717) is 0 Å². The maximum absolute atomic E-state index is 13.8. The Morgan fingerprint density at radius 1 is 0.767 bits per heavy atom. The van der Waals surface area contributed by atoms with Gasteiger partial charge in [-0.3, -0.25) is 14.6 Å². The number of carbonyl (C=O) groups excluding carboxylic acids is 1. The second-order valence-electron chi connectivity index (χ2n) is 8.08. The lowest BCUT2D eigenvalue weighted by Gasteiger charge is -2.25. The van der Waals surface area contributed by atoms with Gasteiger partial charge < -0.3 is 0 Å². The molecular weight excluding hydrogens is 392 g/mol. The molecule has 0 bridgehead atoms. The van der Waals surface area contributed by atoms with E-state index in [-0.39, 0.29) is 18.3 Å². The Kier molecular flexibility index (Phi) is 6.21. The Morgan fingerprint density at radius 2 is 1.37 bits per heavy atom. The van der Waals surface area contributed by atoms with Crippen LogP contribution in [0.25, 0.3) is 0 Å². The molecule has 3 aromatic carbocycles. The van der Waals surface area contributed by atoms with E-state index in [9.17, 15) is 4.79 Å². The van der Waals surface area contributed by atoms with Gasteiger partial charge in [0.2, 0.25) is 0 Å². The number of hydrogen-bond acceptors (Lipinski definition) is 2. The van der Waals surface area contributed by atoms with Crippen molar-refractivity contribution in [1.29, 1.82) is 0 Å². The maximum atomic E-state index is 13.8. The summed E-state index contributed by atoms with van der Waals surface area (Å²) >= 11 is 0. The fourth-order valence-corrected chi connectivity index (χ4v) is 4.63. The van der Waals surface area contributed by atoms with Crippen molar-refractivity contribution in [3.05, 3.63) is 95.1 Å². The van der Waals surface area contributed by atoms with Gasteiger partial charge in [0.15, 0.2) is 0 Å². The number of nitrogens with zero attached hydrogens (tertiary/aromatic N) is 2. The average molecular weight is 419 g/mol. The molecule has 1 fully saturated rings. The molecule has 5 rings (SSSR count). The highest BCUT2D eigenvalue weighted by Crippen LogP contribution is 2.37. The molecule has 2 aliphatic rings. The van der Waals surface area contributed by atoms with Gasteiger partial charge in [0, 0.05) is 12.1 Å². The number of rotatable bonds is 3. The molecule has 0 N–H and O–H groups in total. The summed E-state index contributed by atoms with van der Waals surface area (Å²) in [6.07, 6.45) is 4.46. The van der Waals surface area contributed by atoms with Crippen molar-refractivity contribution in [3.8, 4) is 0 Å². The maximum Gasteiger partial charge on any atom is 0.262 e. The van der Waals surface area contributed by atoms with Crippen LogP contribution in [0, 0.1) is 0 Å². The summed E-state index contributed by atoms with van der Waals surface area (Å²) in [6, 6.07) is 24.8. The average Bonchev–Trinajstić information content (AvgIpc) is 3.21. The van der Waals surface area contributed by atoms with Crippen LogP contribution in [0.1, 0.15) is 39.9 Å². The lowest BCUT2D eigenvalue weighted by Crippen LogP contribution is -2.27. The molecule has 4 heteroatoms. The van der Waals surface area contributed by atoms with Crippen LogP contribution in [0.5, 0.6) is 0 Å². The first kappa shape index (κ1) is 20.6. The van der Waals surface area contributed by atoms with Crippen LogP contribution in [0.15, 0.2) is 72.8 Å². The first-order chi connectivity index (χ1) is 14.3. The van der Waals surface area contributed by atoms with Crippen molar-refractivity contribution < 1.29 is 4.79 Å². The Bertz CT molecular complexity index is 995. The number of halogens is 1. The van der Waals surface area contributed by atoms with Crippen molar-refractivity contribution in [2.45, 2.75) is 32.2 Å². The summed E-state index contributed by atoms with van der Waals surface area (Å²) in [4.78, 5) is 18.2. The summed E-state index contributed by atoms with van der Waals surface area (Å²) in [5, 5.41) is 0. The molecule has 3 nitrogen and oxygen atoms in total. The first-order valence-electron chi connectivity index (χ1n) is 10.6. The van der Waals surface area contributed by atoms with Gasteiger partial charge in [-0.2, -0.15) is 0 Å². The van der Waals surface area contributed by atoms with E-state index < -0.39 is 0 Å². The topological polar surface area (TPSA) is 23.6 Å². The van der Waals surface area contributed by atoms with E-state index in [1.165, 1.54) is 29.5 Å². The van der Waals surface area contributed by atoms with E-state index in [4.69, 9.17) is 0 Å². The van der Waals surface area contributed by atoms with Crippen LogP contribution >= 0.6 is 12.4 Å². The zero-order valence-electron chi connectivity index (χ0n) is 17.1. The quantitative estimate of drug-likeness (QED) is 0.538. The van der Waals surface area contributed by atoms with E-state index in [0.717, 1.165) is 49.4 Å². The van der Waals surface area contributed by atoms with Crippen molar-refractivity contribution in [2.75, 3.05) is 18.0 Å². The molecule has 0 unspecified atom stereocenters. The number of hydrogen-bond donors (Lipinski definition) is 0. The first-order valence-corrected chi connectivity index (χ1v) is 10.6. The highest BCUT2D eigenvalue weighted by molar-refractivity contribution is 6.12. The Morgan fingerprint density at radius 3 is 2.00 bits per heavy atom. The molecule has 0 spiro atoms.